The first-order valence-corrected chi connectivity index (χ1v) is 11.6. The van der Waals surface area contributed by atoms with Gasteiger partial charge in [-0.3, -0.25) is 4.79 Å². The van der Waals surface area contributed by atoms with E-state index in [2.05, 4.69) is 22.8 Å². The summed E-state index contributed by atoms with van der Waals surface area (Å²) in [4.78, 5) is 36.6. The Bertz CT molecular complexity index is 1220. The molecular formula is C27H25ClN2O5. The van der Waals surface area contributed by atoms with Gasteiger partial charge in [-0.1, -0.05) is 78.3 Å². The van der Waals surface area contributed by atoms with Gasteiger partial charge in [-0.25, -0.2) is 9.59 Å². The fourth-order valence-electron chi connectivity index (χ4n) is 4.37. The molecule has 2 amide bonds. The summed E-state index contributed by atoms with van der Waals surface area (Å²) in [5.74, 6) is -1.84. The maximum atomic E-state index is 12.5. The van der Waals surface area contributed by atoms with E-state index < -0.39 is 30.1 Å². The molecule has 180 valence electrons. The minimum Gasteiger partial charge on any atom is -0.479 e. The number of amides is 2. The zero-order valence-corrected chi connectivity index (χ0v) is 19.8. The summed E-state index contributed by atoms with van der Waals surface area (Å²) in [5, 5.41) is 14.9. The number of carboxylic acids is 1. The van der Waals surface area contributed by atoms with Gasteiger partial charge in [0.25, 0.3) is 0 Å². The maximum Gasteiger partial charge on any atom is 0.407 e. The number of hydrogen-bond donors (Lipinski definition) is 3. The van der Waals surface area contributed by atoms with Gasteiger partial charge >= 0.3 is 12.1 Å². The average molecular weight is 493 g/mol. The Morgan fingerprint density at radius 1 is 0.914 bits per heavy atom. The monoisotopic (exact) mass is 492 g/mol. The Morgan fingerprint density at radius 2 is 1.49 bits per heavy atom. The van der Waals surface area contributed by atoms with Gasteiger partial charge in [0.1, 0.15) is 6.61 Å². The molecule has 4 rings (SSSR count). The molecule has 0 saturated heterocycles. The second-order valence-electron chi connectivity index (χ2n) is 8.44. The van der Waals surface area contributed by atoms with Gasteiger partial charge in [0, 0.05) is 29.0 Å². The number of aliphatic carboxylic acids is 1. The quantitative estimate of drug-likeness (QED) is 0.415. The second kappa shape index (κ2) is 10.6. The number of hydrogen-bond acceptors (Lipinski definition) is 4. The summed E-state index contributed by atoms with van der Waals surface area (Å²) in [6.07, 6.45) is -0.772. The number of halogens is 1. The van der Waals surface area contributed by atoms with Crippen molar-refractivity contribution in [3.63, 3.8) is 0 Å². The van der Waals surface area contributed by atoms with Crippen molar-refractivity contribution >= 4 is 29.6 Å². The molecule has 1 aliphatic carbocycles. The standard InChI is InChI=1S/C27H25ClN2O5/c1-16(14-24(31)30-25(26(32)33)21-12-6-7-13-23(21)28)29-27(34)35-15-22-19-10-4-2-8-17(19)18-9-3-5-11-20(18)22/h2-13,16,22,25H,14-15H2,1H3,(H,29,34)(H,30,31)(H,32,33)/t16-,25+/m0/s1. The summed E-state index contributed by atoms with van der Waals surface area (Å²) in [6, 6.07) is 20.6. The van der Waals surface area contributed by atoms with E-state index in [1.165, 1.54) is 0 Å². The topological polar surface area (TPSA) is 105 Å². The molecule has 0 heterocycles. The number of carbonyl (C=O) groups is 3. The molecule has 8 heteroatoms. The maximum absolute atomic E-state index is 12.5. The SMILES string of the molecule is C[C@@H](CC(=O)N[C@@H](C(=O)O)c1ccccc1Cl)NC(=O)OCC1c2ccccc2-c2ccccc21. The van der Waals surface area contributed by atoms with Crippen molar-refractivity contribution < 1.29 is 24.2 Å². The lowest BCUT2D eigenvalue weighted by Gasteiger charge is -2.19. The van der Waals surface area contributed by atoms with Crippen molar-refractivity contribution in [1.82, 2.24) is 10.6 Å². The van der Waals surface area contributed by atoms with E-state index in [4.69, 9.17) is 16.3 Å². The van der Waals surface area contributed by atoms with Crippen LogP contribution >= 0.6 is 11.6 Å². The molecule has 0 unspecified atom stereocenters. The van der Waals surface area contributed by atoms with E-state index in [0.29, 0.717) is 0 Å². The summed E-state index contributed by atoms with van der Waals surface area (Å²) < 4.78 is 5.50. The van der Waals surface area contributed by atoms with E-state index in [9.17, 15) is 19.5 Å². The molecule has 2 atom stereocenters. The highest BCUT2D eigenvalue weighted by Gasteiger charge is 2.29. The Balaban J connectivity index is 1.32. The Kier molecular flexibility index (Phi) is 7.36. The van der Waals surface area contributed by atoms with Crippen molar-refractivity contribution in [3.8, 4) is 11.1 Å². The normalized spacial score (nSPS) is 13.8. The predicted molar refractivity (Wildman–Crippen MR) is 132 cm³/mol. The third-order valence-corrected chi connectivity index (χ3v) is 6.31. The van der Waals surface area contributed by atoms with Crippen molar-refractivity contribution in [1.29, 1.82) is 0 Å². The van der Waals surface area contributed by atoms with Crippen LogP contribution in [0.3, 0.4) is 0 Å². The average Bonchev–Trinajstić information content (AvgIpc) is 3.15. The van der Waals surface area contributed by atoms with Crippen molar-refractivity contribution in [2.75, 3.05) is 6.61 Å². The van der Waals surface area contributed by atoms with Crippen LogP contribution in [0.5, 0.6) is 0 Å². The van der Waals surface area contributed by atoms with Gasteiger partial charge in [-0.15, -0.1) is 0 Å². The van der Waals surface area contributed by atoms with Crippen LogP contribution in [0.15, 0.2) is 72.8 Å². The third-order valence-electron chi connectivity index (χ3n) is 5.97. The van der Waals surface area contributed by atoms with E-state index in [-0.39, 0.29) is 29.5 Å². The first-order valence-electron chi connectivity index (χ1n) is 11.2. The number of alkyl carbamates (subject to hydrolysis) is 1. The van der Waals surface area contributed by atoms with Gasteiger partial charge in [0.05, 0.1) is 0 Å². The van der Waals surface area contributed by atoms with Crippen LogP contribution in [0, 0.1) is 0 Å². The van der Waals surface area contributed by atoms with Crippen molar-refractivity contribution in [2.45, 2.75) is 31.3 Å². The Labute approximate surface area is 208 Å². The minimum absolute atomic E-state index is 0.0706. The number of ether oxygens (including phenoxy) is 1. The van der Waals surface area contributed by atoms with Crippen LogP contribution in [0.4, 0.5) is 4.79 Å². The largest absolute Gasteiger partial charge is 0.479 e. The number of fused-ring (bicyclic) bond motifs is 3. The molecule has 1 aliphatic rings. The molecule has 3 N–H and O–H groups in total. The molecule has 0 bridgehead atoms. The lowest BCUT2D eigenvalue weighted by atomic mass is 9.98. The lowest BCUT2D eigenvalue weighted by Crippen LogP contribution is -2.40. The summed E-state index contributed by atoms with van der Waals surface area (Å²) in [5.41, 5.74) is 4.76. The summed E-state index contributed by atoms with van der Waals surface area (Å²) in [7, 11) is 0. The van der Waals surface area contributed by atoms with Crippen molar-refractivity contribution in [3.05, 3.63) is 94.5 Å². The fourth-order valence-corrected chi connectivity index (χ4v) is 4.62. The number of nitrogens with one attached hydrogen (secondary N) is 2. The first kappa shape index (κ1) is 24.3. The van der Waals surface area contributed by atoms with Gasteiger partial charge in [0.2, 0.25) is 5.91 Å². The molecule has 0 saturated carbocycles. The van der Waals surface area contributed by atoms with E-state index in [0.717, 1.165) is 22.3 Å². The van der Waals surface area contributed by atoms with Crippen LogP contribution in [-0.4, -0.2) is 35.7 Å². The highest BCUT2D eigenvalue weighted by atomic mass is 35.5. The zero-order valence-electron chi connectivity index (χ0n) is 19.0. The summed E-state index contributed by atoms with van der Waals surface area (Å²) in [6.45, 7) is 1.80. The Morgan fingerprint density at radius 3 is 2.09 bits per heavy atom. The molecule has 7 nitrogen and oxygen atoms in total. The van der Waals surface area contributed by atoms with Crippen LogP contribution in [0.2, 0.25) is 5.02 Å². The van der Waals surface area contributed by atoms with E-state index in [1.54, 1.807) is 31.2 Å². The Hall–Kier alpha value is -3.84. The first-order chi connectivity index (χ1) is 16.8. The smallest absolute Gasteiger partial charge is 0.407 e. The molecule has 0 aromatic heterocycles. The molecule has 0 fully saturated rings. The second-order valence-corrected chi connectivity index (χ2v) is 8.84. The molecule has 3 aromatic carbocycles. The summed E-state index contributed by atoms with van der Waals surface area (Å²) >= 11 is 6.08. The lowest BCUT2D eigenvalue weighted by molar-refractivity contribution is -0.142. The predicted octanol–water partition coefficient (Wildman–Crippen LogP) is 4.90. The minimum atomic E-state index is -1.29. The third kappa shape index (κ3) is 5.46. The molecule has 0 radical (unpaired) electrons. The van der Waals surface area contributed by atoms with Crippen molar-refractivity contribution in [2.24, 2.45) is 0 Å². The number of benzene rings is 3. The van der Waals surface area contributed by atoms with Crippen LogP contribution in [0.25, 0.3) is 11.1 Å². The zero-order chi connectivity index (χ0) is 24.9. The molecule has 0 spiro atoms. The van der Waals surface area contributed by atoms with Crippen LogP contribution in [0.1, 0.15) is 42.0 Å². The molecule has 3 aromatic rings. The van der Waals surface area contributed by atoms with Gasteiger partial charge < -0.3 is 20.5 Å². The highest BCUT2D eigenvalue weighted by Crippen LogP contribution is 2.44. The van der Waals surface area contributed by atoms with Gasteiger partial charge in [-0.2, -0.15) is 0 Å². The number of rotatable bonds is 8. The number of carbonyl (C=O) groups excluding carboxylic acids is 2. The highest BCUT2D eigenvalue weighted by molar-refractivity contribution is 6.31. The van der Waals surface area contributed by atoms with E-state index >= 15 is 0 Å². The van der Waals surface area contributed by atoms with Crippen LogP contribution in [-0.2, 0) is 14.3 Å². The van der Waals surface area contributed by atoms with E-state index in [1.807, 2.05) is 36.4 Å². The molecular weight excluding hydrogens is 468 g/mol. The van der Waals surface area contributed by atoms with Crippen LogP contribution < -0.4 is 10.6 Å². The van der Waals surface area contributed by atoms with Gasteiger partial charge in [0.15, 0.2) is 6.04 Å². The van der Waals surface area contributed by atoms with Gasteiger partial charge in [-0.05, 0) is 35.2 Å². The fraction of sp³-hybridized carbons (Fsp3) is 0.222. The number of carboxylic acid groups (broad SMARTS) is 1. The molecule has 35 heavy (non-hydrogen) atoms. The molecule has 0 aliphatic heterocycles.